The minimum absolute atomic E-state index is 0.362. The molecule has 0 aliphatic heterocycles. The van der Waals surface area contributed by atoms with E-state index in [0.29, 0.717) is 25.7 Å². The van der Waals surface area contributed by atoms with Crippen molar-refractivity contribution in [2.75, 3.05) is 0 Å². The quantitative estimate of drug-likeness (QED) is 0.421. The molecule has 6 heteroatoms. The molecular weight excluding hydrogens is 440 g/mol. The molecule has 0 radical (unpaired) electrons. The molecule has 4 rings (SSSR count). The summed E-state index contributed by atoms with van der Waals surface area (Å²) in [6, 6.07) is 17.8. The summed E-state index contributed by atoms with van der Waals surface area (Å²) in [5.41, 5.74) is -0.390. The Morgan fingerprint density at radius 2 is 0.971 bits per heavy atom. The number of hydrogen-bond donors (Lipinski definition) is 4. The second kappa shape index (κ2) is 11.4. The Morgan fingerprint density at radius 3 is 1.31 bits per heavy atom. The van der Waals surface area contributed by atoms with Crippen LogP contribution in [0.2, 0.25) is 0 Å². The van der Waals surface area contributed by atoms with Crippen LogP contribution in [-0.2, 0) is 9.59 Å². The van der Waals surface area contributed by atoms with E-state index in [1.54, 1.807) is 0 Å². The van der Waals surface area contributed by atoms with Crippen LogP contribution in [0.25, 0.3) is 0 Å². The Balaban J connectivity index is 1.47. The fourth-order valence-electron chi connectivity index (χ4n) is 5.82. The average molecular weight is 479 g/mol. The molecule has 188 valence electrons. The van der Waals surface area contributed by atoms with Crippen LogP contribution in [-0.4, -0.2) is 33.2 Å². The molecule has 0 aromatic heterocycles. The summed E-state index contributed by atoms with van der Waals surface area (Å²) in [6.45, 7) is 0. The van der Waals surface area contributed by atoms with Crippen LogP contribution >= 0.6 is 0 Å². The molecule has 2 atom stereocenters. The first-order chi connectivity index (χ1) is 16.9. The van der Waals surface area contributed by atoms with E-state index < -0.39 is 35.1 Å². The van der Waals surface area contributed by atoms with Crippen LogP contribution in [0.4, 0.5) is 0 Å². The molecule has 2 saturated carbocycles. The number of carbonyl (C=O) groups is 2. The van der Waals surface area contributed by atoms with Gasteiger partial charge in [-0.05, 0) is 36.8 Å². The highest BCUT2D eigenvalue weighted by Crippen LogP contribution is 2.40. The first-order valence-electron chi connectivity index (χ1n) is 13.0. The van der Waals surface area contributed by atoms with Crippen molar-refractivity contribution in [2.24, 2.45) is 0 Å². The fraction of sp³-hybridized carbons (Fsp3) is 0.517. The largest absolute Gasteiger partial charge is 0.387 e. The average Bonchev–Trinajstić information content (AvgIpc) is 2.87. The fourth-order valence-corrected chi connectivity index (χ4v) is 5.82. The van der Waals surface area contributed by atoms with Gasteiger partial charge in [-0.15, -0.1) is 0 Å². The van der Waals surface area contributed by atoms with Gasteiger partial charge in [0.2, 0.25) is 11.8 Å². The van der Waals surface area contributed by atoms with Gasteiger partial charge in [0.1, 0.15) is 6.42 Å². The van der Waals surface area contributed by atoms with Crippen molar-refractivity contribution >= 4 is 11.8 Å². The molecule has 2 aliphatic rings. The lowest BCUT2D eigenvalue weighted by Crippen LogP contribution is -2.50. The standard InChI is InChI=1S/C29H38N2O4/c32-24(30-26(22-13-5-1-6-14-22)28(34)17-9-3-10-18-28)21-25(33)31-27(23-15-7-2-8-16-23)29(35)19-11-4-12-20-29/h1-2,5-8,13-16,26-27,34-35H,3-4,9-12,17-21H2,(H,30,32)(H,31,33). The van der Waals surface area contributed by atoms with E-state index in [4.69, 9.17) is 0 Å². The Hall–Kier alpha value is -2.70. The number of benzene rings is 2. The van der Waals surface area contributed by atoms with Crippen molar-refractivity contribution in [3.05, 3.63) is 71.8 Å². The zero-order valence-electron chi connectivity index (χ0n) is 20.4. The van der Waals surface area contributed by atoms with Crippen molar-refractivity contribution in [1.82, 2.24) is 10.6 Å². The summed E-state index contributed by atoms with van der Waals surface area (Å²) in [7, 11) is 0. The lowest BCUT2D eigenvalue weighted by Gasteiger charge is -2.40. The minimum Gasteiger partial charge on any atom is -0.387 e. The summed E-state index contributed by atoms with van der Waals surface area (Å²) < 4.78 is 0. The molecule has 2 aromatic rings. The maximum Gasteiger partial charge on any atom is 0.230 e. The highest BCUT2D eigenvalue weighted by molar-refractivity contribution is 5.97. The van der Waals surface area contributed by atoms with Gasteiger partial charge in [0, 0.05) is 0 Å². The van der Waals surface area contributed by atoms with Crippen molar-refractivity contribution in [3.63, 3.8) is 0 Å². The predicted octanol–water partition coefficient (Wildman–Crippen LogP) is 4.48. The Bertz CT molecular complexity index is 887. The van der Waals surface area contributed by atoms with E-state index in [0.717, 1.165) is 49.7 Å². The van der Waals surface area contributed by atoms with Gasteiger partial charge in [-0.1, -0.05) is 99.2 Å². The molecule has 6 nitrogen and oxygen atoms in total. The van der Waals surface area contributed by atoms with Gasteiger partial charge in [-0.25, -0.2) is 0 Å². The summed E-state index contributed by atoms with van der Waals surface area (Å²) in [5.74, 6) is -0.865. The van der Waals surface area contributed by atoms with Crippen molar-refractivity contribution in [3.8, 4) is 0 Å². The monoisotopic (exact) mass is 478 g/mol. The third-order valence-electron chi connectivity index (χ3n) is 7.71. The minimum atomic E-state index is -1.03. The van der Waals surface area contributed by atoms with Crippen LogP contribution in [0.15, 0.2) is 60.7 Å². The molecule has 0 saturated heterocycles. The van der Waals surface area contributed by atoms with Gasteiger partial charge < -0.3 is 20.8 Å². The van der Waals surface area contributed by atoms with Crippen molar-refractivity contribution in [2.45, 2.75) is 93.9 Å². The first kappa shape index (κ1) is 25.4. The lowest BCUT2D eigenvalue weighted by molar-refractivity contribution is -0.134. The molecular formula is C29H38N2O4. The number of rotatable bonds is 8. The topological polar surface area (TPSA) is 98.7 Å². The molecule has 2 unspecified atom stereocenters. The predicted molar refractivity (Wildman–Crippen MR) is 135 cm³/mol. The summed E-state index contributed by atoms with van der Waals surface area (Å²) in [4.78, 5) is 26.1. The zero-order valence-corrected chi connectivity index (χ0v) is 20.4. The van der Waals surface area contributed by atoms with E-state index in [1.807, 2.05) is 60.7 Å². The van der Waals surface area contributed by atoms with Crippen LogP contribution in [0, 0.1) is 0 Å². The number of nitrogens with one attached hydrogen (secondary N) is 2. The SMILES string of the molecule is O=C(CC(=O)NC(c1ccccc1)C1(O)CCCCC1)NC(c1ccccc1)C1(O)CCCCC1. The summed E-state index contributed by atoms with van der Waals surface area (Å²) in [6.07, 6.45) is 7.88. The van der Waals surface area contributed by atoms with Gasteiger partial charge in [0.05, 0.1) is 23.3 Å². The van der Waals surface area contributed by atoms with Gasteiger partial charge >= 0.3 is 0 Å². The highest BCUT2D eigenvalue weighted by Gasteiger charge is 2.41. The number of hydrogen-bond acceptors (Lipinski definition) is 4. The lowest BCUT2D eigenvalue weighted by atomic mass is 9.76. The maximum atomic E-state index is 13.1. The summed E-state index contributed by atoms with van der Waals surface area (Å²) in [5, 5.41) is 28.8. The number of carbonyl (C=O) groups excluding carboxylic acids is 2. The van der Waals surface area contributed by atoms with Gasteiger partial charge in [0.15, 0.2) is 0 Å². The molecule has 2 aliphatic carbocycles. The second-order valence-corrected chi connectivity index (χ2v) is 10.3. The van der Waals surface area contributed by atoms with Crippen LogP contribution in [0.1, 0.15) is 93.8 Å². The first-order valence-corrected chi connectivity index (χ1v) is 13.0. The second-order valence-electron chi connectivity index (χ2n) is 10.3. The number of amides is 2. The van der Waals surface area contributed by atoms with E-state index in [9.17, 15) is 19.8 Å². The molecule has 2 fully saturated rings. The third-order valence-corrected chi connectivity index (χ3v) is 7.71. The highest BCUT2D eigenvalue weighted by atomic mass is 16.3. The van der Waals surface area contributed by atoms with Gasteiger partial charge in [0.25, 0.3) is 0 Å². The smallest absolute Gasteiger partial charge is 0.230 e. The van der Waals surface area contributed by atoms with Gasteiger partial charge in [-0.3, -0.25) is 9.59 Å². The Morgan fingerprint density at radius 1 is 0.629 bits per heavy atom. The van der Waals surface area contributed by atoms with Crippen LogP contribution in [0.3, 0.4) is 0 Å². The molecule has 0 heterocycles. The van der Waals surface area contributed by atoms with Crippen LogP contribution < -0.4 is 10.6 Å². The Labute approximate surface area is 208 Å². The number of aliphatic hydroxyl groups is 2. The molecule has 2 amide bonds. The molecule has 35 heavy (non-hydrogen) atoms. The van der Waals surface area contributed by atoms with Crippen molar-refractivity contribution < 1.29 is 19.8 Å². The third kappa shape index (κ3) is 6.30. The van der Waals surface area contributed by atoms with Crippen LogP contribution in [0.5, 0.6) is 0 Å². The molecule has 0 bridgehead atoms. The summed E-state index contributed by atoms with van der Waals surface area (Å²) >= 11 is 0. The normalized spacial score (nSPS) is 20.9. The molecule has 4 N–H and O–H groups in total. The van der Waals surface area contributed by atoms with E-state index in [1.165, 1.54) is 0 Å². The van der Waals surface area contributed by atoms with Gasteiger partial charge in [-0.2, -0.15) is 0 Å². The van der Waals surface area contributed by atoms with E-state index >= 15 is 0 Å². The zero-order chi connectivity index (χ0) is 24.7. The Kier molecular flexibility index (Phi) is 8.24. The van der Waals surface area contributed by atoms with E-state index in [2.05, 4.69) is 10.6 Å². The molecule has 0 spiro atoms. The maximum absolute atomic E-state index is 13.1. The van der Waals surface area contributed by atoms with Crippen molar-refractivity contribution in [1.29, 1.82) is 0 Å². The van der Waals surface area contributed by atoms with E-state index in [-0.39, 0.29) is 6.42 Å². The molecule has 2 aromatic carbocycles.